The van der Waals surface area contributed by atoms with Gasteiger partial charge in [-0.1, -0.05) is 0 Å². The van der Waals surface area contributed by atoms with E-state index in [1.165, 1.54) is 68.2 Å². The van der Waals surface area contributed by atoms with Crippen LogP contribution in [0.3, 0.4) is 0 Å². The molecule has 25 heavy (non-hydrogen) atoms. The van der Waals surface area contributed by atoms with Crippen LogP contribution in [-0.4, -0.2) is 18.4 Å². The van der Waals surface area contributed by atoms with E-state index in [-0.39, 0.29) is 0 Å². The number of unbranched alkanes of at least 4 members (excludes halogenated alkanes) is 3. The van der Waals surface area contributed by atoms with E-state index >= 15 is 0 Å². The summed E-state index contributed by atoms with van der Waals surface area (Å²) in [6, 6.07) is 15.8. The third-order valence-electron chi connectivity index (χ3n) is 5.76. The quantitative estimate of drug-likeness (QED) is 0.307. The molecule has 0 unspecified atom stereocenters. The summed E-state index contributed by atoms with van der Waals surface area (Å²) in [6.45, 7) is 11.8. The minimum atomic E-state index is -2.39. The number of hydrogen-bond acceptors (Lipinski definition) is 0. The first-order valence-electron chi connectivity index (χ1n) is 10.4. The molecule has 0 heterocycles. The second-order valence-corrected chi connectivity index (χ2v) is 20.9. The minimum absolute atomic E-state index is 1.32. The fourth-order valence-corrected chi connectivity index (χ4v) is 19.8. The zero-order chi connectivity index (χ0) is 18.1. The van der Waals surface area contributed by atoms with Crippen LogP contribution in [0.4, 0.5) is 0 Å². The fraction of sp³-hybridized carbons (Fsp3) is 0.500. The van der Waals surface area contributed by atoms with Gasteiger partial charge in [0.2, 0.25) is 0 Å². The Morgan fingerprint density at radius 1 is 0.760 bits per heavy atom. The summed E-state index contributed by atoms with van der Waals surface area (Å²) in [6.07, 6.45) is 8.16. The van der Waals surface area contributed by atoms with E-state index in [1.54, 1.807) is 3.59 Å². The molecule has 0 amide bonds. The number of hydrogen-bond donors (Lipinski definition) is 0. The molecule has 136 valence electrons. The second kappa shape index (κ2) is 10.4. The van der Waals surface area contributed by atoms with Crippen LogP contribution in [0.25, 0.3) is 14.4 Å². The Labute approximate surface area is 159 Å². The van der Waals surface area contributed by atoms with Gasteiger partial charge in [-0.05, 0) is 0 Å². The van der Waals surface area contributed by atoms with Crippen LogP contribution in [0.15, 0.2) is 49.0 Å². The normalized spacial score (nSPS) is 11.8. The van der Waals surface area contributed by atoms with Gasteiger partial charge in [0.05, 0.1) is 0 Å². The molecular weight excluding hydrogens is 407 g/mol. The van der Waals surface area contributed by atoms with Gasteiger partial charge >= 0.3 is 160 Å². The Kier molecular flexibility index (Phi) is 8.55. The molecular formula is C24H36Sn. The van der Waals surface area contributed by atoms with Crippen LogP contribution in [0.1, 0.15) is 64.9 Å². The molecule has 0 saturated carbocycles. The van der Waals surface area contributed by atoms with Crippen molar-refractivity contribution in [3.63, 3.8) is 0 Å². The van der Waals surface area contributed by atoms with Crippen molar-refractivity contribution >= 4 is 32.7 Å². The molecule has 1 heteroatoms. The summed E-state index contributed by atoms with van der Waals surface area (Å²) in [7, 11) is 0. The van der Waals surface area contributed by atoms with Gasteiger partial charge in [0, 0.05) is 0 Å². The Morgan fingerprint density at radius 3 is 1.80 bits per heavy atom. The van der Waals surface area contributed by atoms with Crippen LogP contribution in [-0.2, 0) is 0 Å². The molecule has 2 aromatic carbocycles. The van der Waals surface area contributed by atoms with E-state index in [2.05, 4.69) is 63.2 Å². The number of benzene rings is 2. The Bertz CT molecular complexity index is 649. The van der Waals surface area contributed by atoms with Crippen molar-refractivity contribution in [1.29, 1.82) is 0 Å². The summed E-state index contributed by atoms with van der Waals surface area (Å²) in [5.74, 6) is 0. The zero-order valence-corrected chi connectivity index (χ0v) is 19.5. The van der Waals surface area contributed by atoms with E-state index in [9.17, 15) is 0 Å². The summed E-state index contributed by atoms with van der Waals surface area (Å²) in [5, 5.41) is 2.71. The van der Waals surface area contributed by atoms with Gasteiger partial charge in [-0.3, -0.25) is 0 Å². The molecule has 2 aromatic rings. The molecule has 0 nitrogen and oxygen atoms in total. The Hall–Kier alpha value is -0.761. The molecule has 0 atom stereocenters. The van der Waals surface area contributed by atoms with Gasteiger partial charge in [0.1, 0.15) is 0 Å². The fourth-order valence-electron chi connectivity index (χ4n) is 4.06. The number of rotatable bonds is 11. The molecule has 0 aliphatic rings. The van der Waals surface area contributed by atoms with Crippen molar-refractivity contribution in [2.24, 2.45) is 0 Å². The van der Waals surface area contributed by atoms with Crippen molar-refractivity contribution < 1.29 is 0 Å². The third-order valence-corrected chi connectivity index (χ3v) is 21.5. The summed E-state index contributed by atoms with van der Waals surface area (Å²) < 4.78 is 6.08. The standard InChI is InChI=1S/C12H9.3C4H9.Sn/c1-2-10-7-8-11-5-3-4-6-12(11)9-10;3*1-3-4-2;/h3-9H,1H2;3*1,3-4H2,2H3;. The molecule has 0 N–H and O–H groups in total. The van der Waals surface area contributed by atoms with Crippen molar-refractivity contribution in [2.45, 2.75) is 72.6 Å². The Morgan fingerprint density at radius 2 is 1.28 bits per heavy atom. The molecule has 0 fully saturated rings. The van der Waals surface area contributed by atoms with E-state index in [0.717, 1.165) is 0 Å². The third kappa shape index (κ3) is 5.36. The molecule has 0 aromatic heterocycles. The maximum atomic E-state index is 4.76. The van der Waals surface area contributed by atoms with Gasteiger partial charge in [-0.25, -0.2) is 0 Å². The van der Waals surface area contributed by atoms with Crippen molar-refractivity contribution in [1.82, 2.24) is 0 Å². The molecule has 2 rings (SSSR count). The van der Waals surface area contributed by atoms with E-state index in [0.29, 0.717) is 0 Å². The van der Waals surface area contributed by atoms with E-state index in [1.807, 2.05) is 0 Å². The second-order valence-electron chi connectivity index (χ2n) is 7.63. The topological polar surface area (TPSA) is 0 Å². The van der Waals surface area contributed by atoms with E-state index < -0.39 is 18.4 Å². The number of fused-ring (bicyclic) bond motifs is 1. The van der Waals surface area contributed by atoms with Crippen LogP contribution >= 0.6 is 0 Å². The van der Waals surface area contributed by atoms with Crippen molar-refractivity contribution in [3.05, 3.63) is 54.6 Å². The molecule has 0 radical (unpaired) electrons. The average molecular weight is 443 g/mol. The SMILES string of the molecule is C=[C](c1ccc2ccccc2c1)[Sn]([CH2]CCC)([CH2]CCC)[CH2]CCC. The van der Waals surface area contributed by atoms with Gasteiger partial charge in [0.15, 0.2) is 0 Å². The molecule has 0 aliphatic heterocycles. The summed E-state index contributed by atoms with van der Waals surface area (Å²) in [4.78, 5) is 0. The van der Waals surface area contributed by atoms with Crippen molar-refractivity contribution in [2.75, 3.05) is 0 Å². The first-order valence-corrected chi connectivity index (χ1v) is 17.8. The zero-order valence-electron chi connectivity index (χ0n) is 16.6. The maximum absolute atomic E-state index is 4.76. The monoisotopic (exact) mass is 444 g/mol. The van der Waals surface area contributed by atoms with Gasteiger partial charge in [-0.2, -0.15) is 0 Å². The van der Waals surface area contributed by atoms with Crippen molar-refractivity contribution in [3.8, 4) is 0 Å². The van der Waals surface area contributed by atoms with Crippen LogP contribution in [0, 0.1) is 0 Å². The predicted molar refractivity (Wildman–Crippen MR) is 118 cm³/mol. The van der Waals surface area contributed by atoms with Crippen LogP contribution in [0.2, 0.25) is 13.3 Å². The summed E-state index contributed by atoms with van der Waals surface area (Å²) in [5.41, 5.74) is 1.44. The Balaban J connectivity index is 2.38. The first-order chi connectivity index (χ1) is 12.2. The molecule has 0 aliphatic carbocycles. The summed E-state index contributed by atoms with van der Waals surface area (Å²) >= 11 is -2.39. The van der Waals surface area contributed by atoms with Gasteiger partial charge in [0.25, 0.3) is 0 Å². The average Bonchev–Trinajstić information content (AvgIpc) is 2.67. The molecule has 0 bridgehead atoms. The predicted octanol–water partition coefficient (Wildman–Crippen LogP) is 8.24. The molecule has 0 saturated heterocycles. The van der Waals surface area contributed by atoms with Crippen LogP contribution < -0.4 is 0 Å². The first kappa shape index (κ1) is 20.5. The van der Waals surface area contributed by atoms with Gasteiger partial charge < -0.3 is 0 Å². The van der Waals surface area contributed by atoms with E-state index in [4.69, 9.17) is 6.58 Å². The van der Waals surface area contributed by atoms with Crippen LogP contribution in [0.5, 0.6) is 0 Å². The van der Waals surface area contributed by atoms with Gasteiger partial charge in [-0.15, -0.1) is 0 Å². The molecule has 0 spiro atoms.